The number of carbonyl (C=O) groups is 1. The van der Waals surface area contributed by atoms with Gasteiger partial charge in [0.1, 0.15) is 11.6 Å². The van der Waals surface area contributed by atoms with Crippen molar-refractivity contribution in [3.63, 3.8) is 0 Å². The summed E-state index contributed by atoms with van der Waals surface area (Å²) in [5, 5.41) is 0. The number of nitrogens with one attached hydrogen (secondary N) is 1. The van der Waals surface area contributed by atoms with E-state index in [9.17, 15) is 9.59 Å². The first-order valence-corrected chi connectivity index (χ1v) is 7.10. The summed E-state index contributed by atoms with van der Waals surface area (Å²) in [6.45, 7) is 5.63. The molecule has 3 N–H and O–H groups in total. The zero-order valence-electron chi connectivity index (χ0n) is 12.1. The van der Waals surface area contributed by atoms with Crippen LogP contribution in [0.2, 0.25) is 0 Å². The molecule has 2 heterocycles. The minimum atomic E-state index is -0.236. The number of aromatic amines is 1. The van der Waals surface area contributed by atoms with E-state index in [1.807, 2.05) is 13.8 Å². The first-order chi connectivity index (χ1) is 9.45. The normalized spacial score (nSPS) is 16.6. The molecule has 6 nitrogen and oxygen atoms in total. The maximum absolute atomic E-state index is 11.7. The Bertz CT molecular complexity index is 530. The maximum atomic E-state index is 11.7. The third-order valence-corrected chi connectivity index (χ3v) is 3.72. The van der Waals surface area contributed by atoms with Gasteiger partial charge in [0.05, 0.1) is 0 Å². The number of H-pyrrole nitrogens is 1. The second kappa shape index (κ2) is 6.07. The lowest BCUT2D eigenvalue weighted by Crippen LogP contribution is -2.36. The summed E-state index contributed by atoms with van der Waals surface area (Å²) in [6, 6.07) is 1.54. The van der Waals surface area contributed by atoms with Crippen molar-refractivity contribution in [2.24, 2.45) is 11.7 Å². The summed E-state index contributed by atoms with van der Waals surface area (Å²) in [5.74, 6) is 1.76. The van der Waals surface area contributed by atoms with Gasteiger partial charge < -0.3 is 15.6 Å². The van der Waals surface area contributed by atoms with E-state index >= 15 is 0 Å². The van der Waals surface area contributed by atoms with Crippen LogP contribution in [0.4, 0.5) is 5.82 Å². The summed E-state index contributed by atoms with van der Waals surface area (Å²) < 4.78 is 0. The molecule has 0 saturated carbocycles. The number of hydrogen-bond acceptors (Lipinski definition) is 4. The quantitative estimate of drug-likeness (QED) is 0.859. The van der Waals surface area contributed by atoms with E-state index in [2.05, 4.69) is 14.9 Å². The monoisotopic (exact) mass is 278 g/mol. The molecule has 1 saturated heterocycles. The first kappa shape index (κ1) is 14.6. The third kappa shape index (κ3) is 3.59. The van der Waals surface area contributed by atoms with E-state index in [-0.39, 0.29) is 17.4 Å². The van der Waals surface area contributed by atoms with Crippen LogP contribution in [0.15, 0.2) is 10.9 Å². The Morgan fingerprint density at radius 3 is 2.70 bits per heavy atom. The third-order valence-electron chi connectivity index (χ3n) is 3.72. The number of piperidine rings is 1. The number of primary amides is 1. The molecule has 1 fully saturated rings. The van der Waals surface area contributed by atoms with E-state index in [4.69, 9.17) is 5.73 Å². The van der Waals surface area contributed by atoms with Gasteiger partial charge >= 0.3 is 0 Å². The molecule has 0 radical (unpaired) electrons. The summed E-state index contributed by atoms with van der Waals surface area (Å²) >= 11 is 0. The first-order valence-electron chi connectivity index (χ1n) is 7.10. The summed E-state index contributed by atoms with van der Waals surface area (Å²) in [6.07, 6.45) is 2.27. The number of carbonyl (C=O) groups excluding carboxylic acids is 1. The molecule has 0 spiro atoms. The highest BCUT2D eigenvalue weighted by Crippen LogP contribution is 2.23. The minimum Gasteiger partial charge on any atom is -0.370 e. The van der Waals surface area contributed by atoms with Crippen molar-refractivity contribution in [3.8, 4) is 0 Å². The van der Waals surface area contributed by atoms with Crippen molar-refractivity contribution >= 4 is 11.7 Å². The topological polar surface area (TPSA) is 92.1 Å². The molecule has 1 amide bonds. The van der Waals surface area contributed by atoms with Gasteiger partial charge in [0, 0.05) is 31.5 Å². The Balaban J connectivity index is 2.07. The number of rotatable bonds is 4. The molecule has 110 valence electrons. The van der Waals surface area contributed by atoms with E-state index in [0.717, 1.165) is 31.7 Å². The molecule has 0 aliphatic carbocycles. The standard InChI is InChI=1S/C14H22N4O2/c1-9(2)14-16-12(8-13(20)17-14)18-5-3-10(4-6-18)7-11(15)19/h8-10H,3-7H2,1-2H3,(H2,15,19)(H,16,17,20). The van der Waals surface area contributed by atoms with Crippen LogP contribution in [-0.2, 0) is 4.79 Å². The average Bonchev–Trinajstić information content (AvgIpc) is 2.38. The SMILES string of the molecule is CC(C)c1nc(N2CCC(CC(N)=O)CC2)cc(=O)[nH]1. The highest BCUT2D eigenvalue weighted by Gasteiger charge is 2.22. The van der Waals surface area contributed by atoms with Gasteiger partial charge in [-0.05, 0) is 18.8 Å². The summed E-state index contributed by atoms with van der Waals surface area (Å²) in [7, 11) is 0. The van der Waals surface area contributed by atoms with Gasteiger partial charge in [-0.15, -0.1) is 0 Å². The van der Waals surface area contributed by atoms with Crippen molar-refractivity contribution < 1.29 is 4.79 Å². The van der Waals surface area contributed by atoms with Crippen LogP contribution in [0.1, 0.15) is 44.9 Å². The predicted molar refractivity (Wildman–Crippen MR) is 77.7 cm³/mol. The van der Waals surface area contributed by atoms with E-state index in [1.165, 1.54) is 0 Å². The lowest BCUT2D eigenvalue weighted by Gasteiger charge is -2.32. The van der Waals surface area contributed by atoms with Gasteiger partial charge in [0.15, 0.2) is 0 Å². The smallest absolute Gasteiger partial charge is 0.252 e. The lowest BCUT2D eigenvalue weighted by atomic mass is 9.93. The van der Waals surface area contributed by atoms with Gasteiger partial charge in [-0.3, -0.25) is 9.59 Å². The zero-order valence-corrected chi connectivity index (χ0v) is 12.1. The Morgan fingerprint density at radius 2 is 2.15 bits per heavy atom. The molecule has 0 unspecified atom stereocenters. The van der Waals surface area contributed by atoms with Crippen molar-refractivity contribution in [1.29, 1.82) is 0 Å². The van der Waals surface area contributed by atoms with Crippen LogP contribution in [0.3, 0.4) is 0 Å². The van der Waals surface area contributed by atoms with Gasteiger partial charge in [-0.1, -0.05) is 13.8 Å². The van der Waals surface area contributed by atoms with Crippen LogP contribution in [-0.4, -0.2) is 29.0 Å². The van der Waals surface area contributed by atoms with Crippen molar-refractivity contribution in [3.05, 3.63) is 22.2 Å². The number of amides is 1. The molecular formula is C14H22N4O2. The maximum Gasteiger partial charge on any atom is 0.252 e. The van der Waals surface area contributed by atoms with Gasteiger partial charge in [0.2, 0.25) is 5.91 Å². The fraction of sp³-hybridized carbons (Fsp3) is 0.643. The van der Waals surface area contributed by atoms with Crippen molar-refractivity contribution in [1.82, 2.24) is 9.97 Å². The summed E-state index contributed by atoms with van der Waals surface area (Å²) in [4.78, 5) is 32.0. The molecule has 1 aromatic heterocycles. The fourth-order valence-corrected chi connectivity index (χ4v) is 2.55. The Hall–Kier alpha value is -1.85. The molecule has 0 aromatic carbocycles. The number of hydrogen-bond donors (Lipinski definition) is 2. The van der Waals surface area contributed by atoms with Crippen LogP contribution in [0.25, 0.3) is 0 Å². The molecule has 1 aromatic rings. The highest BCUT2D eigenvalue weighted by molar-refractivity contribution is 5.74. The minimum absolute atomic E-state index is 0.113. The van der Waals surface area contributed by atoms with Crippen LogP contribution in [0.5, 0.6) is 0 Å². The van der Waals surface area contributed by atoms with Gasteiger partial charge in [-0.2, -0.15) is 0 Å². The second-order valence-corrected chi connectivity index (χ2v) is 5.74. The summed E-state index contributed by atoms with van der Waals surface area (Å²) in [5.41, 5.74) is 5.12. The largest absolute Gasteiger partial charge is 0.370 e. The molecule has 6 heteroatoms. The van der Waals surface area contributed by atoms with E-state index < -0.39 is 0 Å². The number of nitrogens with two attached hydrogens (primary N) is 1. The average molecular weight is 278 g/mol. The lowest BCUT2D eigenvalue weighted by molar-refractivity contribution is -0.119. The fourth-order valence-electron chi connectivity index (χ4n) is 2.55. The molecule has 1 aliphatic rings. The van der Waals surface area contributed by atoms with Crippen LogP contribution in [0, 0.1) is 5.92 Å². The van der Waals surface area contributed by atoms with Crippen LogP contribution >= 0.6 is 0 Å². The van der Waals surface area contributed by atoms with Crippen molar-refractivity contribution in [2.75, 3.05) is 18.0 Å². The van der Waals surface area contributed by atoms with Gasteiger partial charge in [0.25, 0.3) is 5.56 Å². The zero-order chi connectivity index (χ0) is 14.7. The highest BCUT2D eigenvalue weighted by atomic mass is 16.1. The van der Waals surface area contributed by atoms with E-state index in [1.54, 1.807) is 6.07 Å². The van der Waals surface area contributed by atoms with Gasteiger partial charge in [-0.25, -0.2) is 4.98 Å². The molecule has 0 bridgehead atoms. The van der Waals surface area contributed by atoms with E-state index in [0.29, 0.717) is 18.2 Å². The Labute approximate surface area is 118 Å². The Kier molecular flexibility index (Phi) is 4.42. The molecule has 20 heavy (non-hydrogen) atoms. The molecule has 2 rings (SSSR count). The van der Waals surface area contributed by atoms with Crippen LogP contribution < -0.4 is 16.2 Å². The predicted octanol–water partition coefficient (Wildman–Crippen LogP) is 0.985. The molecule has 0 atom stereocenters. The number of anilines is 1. The number of aromatic nitrogens is 2. The number of nitrogens with zero attached hydrogens (tertiary/aromatic N) is 2. The second-order valence-electron chi connectivity index (χ2n) is 5.74. The Morgan fingerprint density at radius 1 is 1.50 bits per heavy atom. The molecule has 1 aliphatic heterocycles. The molecular weight excluding hydrogens is 256 g/mol. The van der Waals surface area contributed by atoms with Crippen molar-refractivity contribution in [2.45, 2.75) is 39.0 Å².